The average molecular weight is 1260 g/mol. The Bertz CT molecular complexity index is 4150. The van der Waals surface area contributed by atoms with Crippen LogP contribution in [0.15, 0.2) is 196 Å². The minimum absolute atomic E-state index is 0.136. The Morgan fingerprint density at radius 1 is 0.383 bits per heavy atom. The zero-order valence-electron chi connectivity index (χ0n) is 59.9. The van der Waals surface area contributed by atoms with Gasteiger partial charge in [0.2, 0.25) is 0 Å². The summed E-state index contributed by atoms with van der Waals surface area (Å²) in [4.78, 5) is 32.8. The summed E-state index contributed by atoms with van der Waals surface area (Å²) in [5, 5.41) is 4.52. The molecule has 4 atom stereocenters. The van der Waals surface area contributed by atoms with E-state index in [1.165, 1.54) is 61.9 Å². The normalized spacial score (nSPS) is 18.0. The lowest BCUT2D eigenvalue weighted by molar-refractivity contribution is 0.140. The fraction of sp³-hybridized carbons (Fsp3) is 0.385. The molecule has 0 saturated heterocycles. The highest BCUT2D eigenvalue weighted by Crippen LogP contribution is 2.42. The van der Waals surface area contributed by atoms with Crippen LogP contribution in [-0.2, 0) is 50.3 Å². The monoisotopic (exact) mass is 1260 g/mol. The minimum atomic E-state index is -0.235. The van der Waals surface area contributed by atoms with Crippen molar-refractivity contribution in [2.75, 3.05) is 19.6 Å². The molecule has 0 spiro atoms. The fourth-order valence-corrected chi connectivity index (χ4v) is 14.7. The summed E-state index contributed by atoms with van der Waals surface area (Å²) in [6, 6.07) is 44.6. The highest BCUT2D eigenvalue weighted by Gasteiger charge is 2.42. The number of rotatable bonds is 12. The molecule has 4 aliphatic heterocycles. The van der Waals surface area contributed by atoms with Crippen LogP contribution >= 0.6 is 0 Å². The lowest BCUT2D eigenvalue weighted by atomic mass is 9.97. The maximum atomic E-state index is 4.95. The number of para-hydroxylation sites is 6. The smallest absolute Gasteiger partial charge is 0.135 e. The number of imidazole rings is 3. The second-order valence-corrected chi connectivity index (χ2v) is 27.7. The Kier molecular flexibility index (Phi) is 19.0. The first kappa shape index (κ1) is 67.4. The molecule has 0 radical (unpaired) electrons. The van der Waals surface area contributed by atoms with E-state index in [0.29, 0.717) is 0 Å². The summed E-state index contributed by atoms with van der Waals surface area (Å²) in [5.41, 5.74) is 15.2. The first-order chi connectivity index (χ1) is 44.5. The molecule has 16 heteroatoms. The first-order valence-electron chi connectivity index (χ1n) is 33.1. The van der Waals surface area contributed by atoms with Crippen LogP contribution in [0.2, 0.25) is 0 Å². The highest BCUT2D eigenvalue weighted by molar-refractivity contribution is 5.76. The van der Waals surface area contributed by atoms with Crippen molar-refractivity contribution < 1.29 is 0 Å². The molecule has 0 fully saturated rings. The van der Waals surface area contributed by atoms with Crippen LogP contribution in [0.1, 0.15) is 140 Å². The predicted molar refractivity (Wildman–Crippen MR) is 388 cm³/mol. The molecule has 5 aromatic carbocycles. The number of hydrogen-bond acceptors (Lipinski definition) is 12. The van der Waals surface area contributed by atoms with E-state index < -0.39 is 0 Å². The van der Waals surface area contributed by atoms with Crippen molar-refractivity contribution in [3.05, 3.63) is 252 Å². The molecule has 8 heterocycles. The molecule has 0 aliphatic carbocycles. The van der Waals surface area contributed by atoms with Gasteiger partial charge in [0.25, 0.3) is 0 Å². The lowest BCUT2D eigenvalue weighted by Crippen LogP contribution is -2.47. The topological polar surface area (TPSA) is 97.2 Å². The number of anilines is 4. The molecule has 0 amide bonds. The molecule has 13 rings (SSSR count). The second-order valence-electron chi connectivity index (χ2n) is 27.7. The fourth-order valence-electron chi connectivity index (χ4n) is 14.7. The van der Waals surface area contributed by atoms with E-state index in [-0.39, 0.29) is 46.8 Å². The van der Waals surface area contributed by atoms with E-state index in [1.807, 2.05) is 57.3 Å². The lowest BCUT2D eigenvalue weighted by Gasteiger charge is -2.41. The number of fused-ring (bicyclic) bond motifs is 1. The van der Waals surface area contributed by atoms with Crippen LogP contribution in [0.4, 0.5) is 22.7 Å². The zero-order chi connectivity index (χ0) is 67.9. The summed E-state index contributed by atoms with van der Waals surface area (Å²) < 4.78 is 8.48. The van der Waals surface area contributed by atoms with Gasteiger partial charge in [-0.3, -0.25) is 4.68 Å². The van der Waals surface area contributed by atoms with Crippen molar-refractivity contribution in [2.24, 2.45) is 28.2 Å². The Morgan fingerprint density at radius 2 is 0.745 bits per heavy atom. The van der Waals surface area contributed by atoms with Gasteiger partial charge in [0, 0.05) is 113 Å². The Hall–Kier alpha value is -9.44. The summed E-state index contributed by atoms with van der Waals surface area (Å²) >= 11 is 0. The summed E-state index contributed by atoms with van der Waals surface area (Å²) in [7, 11) is 8.26. The third kappa shape index (κ3) is 12.6. The maximum Gasteiger partial charge on any atom is 0.135 e. The highest BCUT2D eigenvalue weighted by atomic mass is 15.5. The number of aromatic nitrogens is 8. The molecular formula is C78H102N16. The van der Waals surface area contributed by atoms with Gasteiger partial charge in [-0.25, -0.2) is 15.0 Å². The Labute approximate surface area is 560 Å². The third-order valence-electron chi connectivity index (χ3n) is 20.1. The number of hydrogen-bond donors (Lipinski definition) is 0. The standard InChI is InChI=1S/C22H26N4.2C19H26N4.C18H24N4/c1-16-10-6-8-12-19(16)25-14-15-26(17(25)2)22(3,4)21-23-18-11-7-9-13-20(18)24(21)5;1-14-9-7-8-10-17(14)22-11-12-23(16(22)3)19(4,5)18-13-20-15(2)21(18)6;1-14-9-7-8-10-17(14)22-11-12-23(16(22)3)19(4,5)18-13-15(2)20-21(18)6;1-14-8-6-7-9-16(14)21-12-13-22(15(21)2)18(3,4)17-19-10-11-20(17)5/h6-15,17H,1-5H3;2*7-13,16H,1-6H3;6-13,15H,1-5H3/t17-;2*16-;15-/m1111/s1. The van der Waals surface area contributed by atoms with E-state index in [1.54, 1.807) is 0 Å². The van der Waals surface area contributed by atoms with Gasteiger partial charge in [-0.2, -0.15) is 5.10 Å². The number of nitrogens with zero attached hydrogens (tertiary/aromatic N) is 16. The molecule has 0 saturated carbocycles. The summed E-state index contributed by atoms with van der Waals surface area (Å²) in [5.74, 6) is 3.18. The van der Waals surface area contributed by atoms with Crippen molar-refractivity contribution in [1.29, 1.82) is 0 Å². The van der Waals surface area contributed by atoms with Gasteiger partial charge >= 0.3 is 0 Å². The molecule has 494 valence electrons. The van der Waals surface area contributed by atoms with Gasteiger partial charge in [0.1, 0.15) is 42.1 Å². The minimum Gasteiger partial charge on any atom is -0.345 e. The number of benzene rings is 5. The third-order valence-corrected chi connectivity index (χ3v) is 20.1. The van der Waals surface area contributed by atoms with Crippen molar-refractivity contribution in [3.8, 4) is 0 Å². The van der Waals surface area contributed by atoms with E-state index in [2.05, 4.69) is 364 Å². The molecule has 16 nitrogen and oxygen atoms in total. The van der Waals surface area contributed by atoms with Gasteiger partial charge in [-0.05, 0) is 189 Å². The van der Waals surface area contributed by atoms with E-state index in [0.717, 1.165) is 28.7 Å². The van der Waals surface area contributed by atoms with E-state index in [9.17, 15) is 0 Å². The van der Waals surface area contributed by atoms with Crippen molar-refractivity contribution in [2.45, 2.75) is 171 Å². The molecule has 4 aromatic heterocycles. The van der Waals surface area contributed by atoms with Crippen molar-refractivity contribution in [1.82, 2.24) is 58.0 Å². The molecule has 9 aromatic rings. The van der Waals surface area contributed by atoms with E-state index >= 15 is 0 Å². The van der Waals surface area contributed by atoms with Crippen LogP contribution in [0, 0.1) is 41.5 Å². The summed E-state index contributed by atoms with van der Waals surface area (Å²) in [6.45, 7) is 39.7. The van der Waals surface area contributed by atoms with Crippen molar-refractivity contribution in [3.63, 3.8) is 0 Å². The predicted octanol–water partition coefficient (Wildman–Crippen LogP) is 16.2. The largest absolute Gasteiger partial charge is 0.345 e. The van der Waals surface area contributed by atoms with Crippen LogP contribution in [0.3, 0.4) is 0 Å². The van der Waals surface area contributed by atoms with Gasteiger partial charge in [0.05, 0.1) is 56.5 Å². The average Bonchev–Trinajstić information content (AvgIpc) is 1.62. The molecule has 0 unspecified atom stereocenters. The zero-order valence-corrected chi connectivity index (χ0v) is 59.9. The molecule has 94 heavy (non-hydrogen) atoms. The van der Waals surface area contributed by atoms with Gasteiger partial charge in [0.15, 0.2) is 0 Å². The van der Waals surface area contributed by atoms with E-state index in [4.69, 9.17) is 4.98 Å². The number of aryl methyl sites for hydroxylation is 9. The van der Waals surface area contributed by atoms with Crippen LogP contribution in [-0.4, -0.2) is 82.7 Å². The molecule has 0 bridgehead atoms. The Balaban J connectivity index is 0.000000137. The second kappa shape index (κ2) is 26.5. The van der Waals surface area contributed by atoms with Gasteiger partial charge in [-0.1, -0.05) is 84.9 Å². The molecule has 0 N–H and O–H groups in total. The van der Waals surface area contributed by atoms with Gasteiger partial charge < -0.3 is 52.9 Å². The SMILES string of the molecule is Cc1cc(C(C)(C)N2C=CN(c3ccccc3C)[C@H]2C)n(C)n1.Cc1ccccc1N1C=CN(C(C)(C)c2cnc(C)n2C)[C@@H]1C.Cc1ccccc1N1C=CN(C(C)(C)c2nc3ccccc3n2C)[C@@H]1C.Cc1ccccc1N1C=CN(C(C)(C)c2nccn2C)[C@@H]1C. The molecule has 4 aliphatic rings. The molecular weight excluding hydrogens is 1160 g/mol. The maximum absolute atomic E-state index is 4.95. The Morgan fingerprint density at radius 3 is 1.09 bits per heavy atom. The first-order valence-corrected chi connectivity index (χ1v) is 33.1. The van der Waals surface area contributed by atoms with Crippen LogP contribution < -0.4 is 19.6 Å². The van der Waals surface area contributed by atoms with Gasteiger partial charge in [-0.15, -0.1) is 0 Å². The summed E-state index contributed by atoms with van der Waals surface area (Å²) in [6.07, 6.45) is 24.3. The van der Waals surface area contributed by atoms with Crippen molar-refractivity contribution >= 4 is 33.8 Å². The van der Waals surface area contributed by atoms with Crippen LogP contribution in [0.25, 0.3) is 11.0 Å². The van der Waals surface area contributed by atoms with Crippen LogP contribution in [0.5, 0.6) is 0 Å². The quantitative estimate of drug-likeness (QED) is 0.117.